The average molecular weight is 451 g/mol. The maximum atomic E-state index is 13.5. The molecule has 176 valence electrons. The Bertz CT molecular complexity index is 1020. The van der Waals surface area contributed by atoms with Gasteiger partial charge < -0.3 is 15.4 Å². The largest absolute Gasteiger partial charge is 0.465 e. The number of nitrogens with one attached hydrogen (secondary N) is 2. The minimum atomic E-state index is -0.445. The highest BCUT2D eigenvalue weighted by molar-refractivity contribution is 6.02. The summed E-state index contributed by atoms with van der Waals surface area (Å²) >= 11 is 0. The molecule has 2 N–H and O–H groups in total. The number of rotatable bonds is 3. The first-order valence-electron chi connectivity index (χ1n) is 12.3. The van der Waals surface area contributed by atoms with Gasteiger partial charge in [-0.3, -0.25) is 9.59 Å². The van der Waals surface area contributed by atoms with Gasteiger partial charge in [0.1, 0.15) is 0 Å². The maximum absolute atomic E-state index is 13.5. The molecule has 2 amide bonds. The fraction of sp³-hybridized carbons (Fsp3) is 0.593. The van der Waals surface area contributed by atoms with Crippen LogP contribution in [0.5, 0.6) is 0 Å². The molecule has 7 atom stereocenters. The van der Waals surface area contributed by atoms with Gasteiger partial charge in [-0.05, 0) is 79.9 Å². The molecule has 0 unspecified atom stereocenters. The molecule has 6 nitrogen and oxygen atoms in total. The van der Waals surface area contributed by atoms with Crippen molar-refractivity contribution in [2.24, 2.45) is 34.5 Å². The Kier molecular flexibility index (Phi) is 5.37. The monoisotopic (exact) mass is 450 g/mol. The van der Waals surface area contributed by atoms with Crippen molar-refractivity contribution in [3.63, 3.8) is 0 Å². The Morgan fingerprint density at radius 1 is 1.06 bits per heavy atom. The lowest BCUT2D eigenvalue weighted by molar-refractivity contribution is -0.129. The fourth-order valence-electron chi connectivity index (χ4n) is 7.86. The second kappa shape index (κ2) is 8.00. The van der Waals surface area contributed by atoms with Crippen LogP contribution >= 0.6 is 0 Å². The van der Waals surface area contributed by atoms with Gasteiger partial charge in [0.05, 0.1) is 18.4 Å². The zero-order chi connectivity index (χ0) is 23.4. The van der Waals surface area contributed by atoms with Crippen LogP contribution < -0.4 is 10.6 Å². The zero-order valence-electron chi connectivity index (χ0n) is 19.7. The second-order valence-electron chi connectivity index (χ2n) is 10.9. The Balaban J connectivity index is 1.37. The van der Waals surface area contributed by atoms with Crippen molar-refractivity contribution in [2.75, 3.05) is 12.4 Å². The first kappa shape index (κ1) is 22.2. The van der Waals surface area contributed by atoms with Crippen LogP contribution in [-0.2, 0) is 14.3 Å². The van der Waals surface area contributed by atoms with E-state index in [1.165, 1.54) is 7.11 Å². The van der Waals surface area contributed by atoms with E-state index in [0.717, 1.165) is 38.5 Å². The van der Waals surface area contributed by atoms with E-state index in [4.69, 9.17) is 4.74 Å². The SMILES string of the molecule is COC(=O)c1ccccc1NC(=O)[C@H]1CC[C@H]2[C@@H]3CC[C@H]4NC(=O)C=C[C@]4(C)[C@H]3CC[C@]12C. The number of carbonyl (C=O) groups excluding carboxylic acids is 3. The number of benzene rings is 1. The number of esters is 1. The van der Waals surface area contributed by atoms with Crippen LogP contribution in [0.3, 0.4) is 0 Å². The molecule has 0 bridgehead atoms. The molecule has 1 aliphatic heterocycles. The molecule has 4 aliphatic rings. The Morgan fingerprint density at radius 2 is 1.85 bits per heavy atom. The van der Waals surface area contributed by atoms with E-state index in [0.29, 0.717) is 29.0 Å². The van der Waals surface area contributed by atoms with Gasteiger partial charge in [0.2, 0.25) is 11.8 Å². The number of carbonyl (C=O) groups is 3. The van der Waals surface area contributed by atoms with E-state index in [9.17, 15) is 14.4 Å². The topological polar surface area (TPSA) is 84.5 Å². The highest BCUT2D eigenvalue weighted by Crippen LogP contribution is 2.65. The van der Waals surface area contributed by atoms with Gasteiger partial charge in [0, 0.05) is 17.4 Å². The van der Waals surface area contributed by atoms with Crippen molar-refractivity contribution >= 4 is 23.5 Å². The predicted octanol–water partition coefficient (Wildman–Crippen LogP) is 4.33. The third-order valence-corrected chi connectivity index (χ3v) is 9.59. The van der Waals surface area contributed by atoms with Crippen molar-refractivity contribution in [1.29, 1.82) is 0 Å². The lowest BCUT2D eigenvalue weighted by atomic mass is 9.48. The zero-order valence-corrected chi connectivity index (χ0v) is 19.7. The first-order valence-corrected chi connectivity index (χ1v) is 12.3. The molecule has 3 aliphatic carbocycles. The summed E-state index contributed by atoms with van der Waals surface area (Å²) in [5.74, 6) is 1.14. The van der Waals surface area contributed by atoms with Crippen LogP contribution in [0.4, 0.5) is 5.69 Å². The lowest BCUT2D eigenvalue weighted by Gasteiger charge is -2.58. The molecule has 0 aromatic heterocycles. The van der Waals surface area contributed by atoms with Gasteiger partial charge in [-0.25, -0.2) is 4.79 Å². The number of hydrogen-bond acceptors (Lipinski definition) is 4. The van der Waals surface area contributed by atoms with E-state index in [1.54, 1.807) is 24.3 Å². The van der Waals surface area contributed by atoms with Crippen LogP contribution in [-0.4, -0.2) is 30.9 Å². The first-order chi connectivity index (χ1) is 15.8. The molecule has 1 heterocycles. The summed E-state index contributed by atoms with van der Waals surface area (Å²) in [5, 5.41) is 6.26. The number of fused-ring (bicyclic) bond motifs is 5. The Morgan fingerprint density at radius 3 is 2.64 bits per heavy atom. The minimum absolute atomic E-state index is 0.00203. The van der Waals surface area contributed by atoms with Crippen LogP contribution in [0.25, 0.3) is 0 Å². The molecule has 33 heavy (non-hydrogen) atoms. The number of anilines is 1. The summed E-state index contributed by atoms with van der Waals surface area (Å²) in [4.78, 5) is 37.6. The third-order valence-electron chi connectivity index (χ3n) is 9.59. The van der Waals surface area contributed by atoms with E-state index in [2.05, 4.69) is 30.6 Å². The van der Waals surface area contributed by atoms with Gasteiger partial charge in [0.25, 0.3) is 0 Å². The summed E-state index contributed by atoms with van der Waals surface area (Å²) in [5.41, 5.74) is 0.856. The van der Waals surface area contributed by atoms with Crippen LogP contribution in [0, 0.1) is 34.5 Å². The Labute approximate surface area is 195 Å². The van der Waals surface area contributed by atoms with Crippen molar-refractivity contribution in [3.05, 3.63) is 42.0 Å². The van der Waals surface area contributed by atoms with Gasteiger partial charge in [-0.15, -0.1) is 0 Å². The summed E-state index contributed by atoms with van der Waals surface area (Å²) in [6, 6.07) is 7.26. The van der Waals surface area contributed by atoms with Crippen molar-refractivity contribution < 1.29 is 19.1 Å². The molecule has 6 heteroatoms. The highest BCUT2D eigenvalue weighted by Gasteiger charge is 2.60. The van der Waals surface area contributed by atoms with E-state index >= 15 is 0 Å². The summed E-state index contributed by atoms with van der Waals surface area (Å²) in [6.07, 6.45) is 10.0. The molecule has 0 saturated heterocycles. The van der Waals surface area contributed by atoms with Gasteiger partial charge in [-0.1, -0.05) is 32.1 Å². The van der Waals surface area contributed by atoms with E-state index < -0.39 is 5.97 Å². The van der Waals surface area contributed by atoms with Crippen molar-refractivity contribution in [2.45, 2.75) is 58.4 Å². The molecule has 3 saturated carbocycles. The van der Waals surface area contributed by atoms with Crippen LogP contribution in [0.1, 0.15) is 62.7 Å². The normalized spacial score (nSPS) is 39.0. The predicted molar refractivity (Wildman–Crippen MR) is 125 cm³/mol. The van der Waals surface area contributed by atoms with Crippen LogP contribution in [0.2, 0.25) is 0 Å². The molecule has 1 aromatic carbocycles. The smallest absolute Gasteiger partial charge is 0.339 e. The highest BCUT2D eigenvalue weighted by atomic mass is 16.5. The molecule has 0 radical (unpaired) electrons. The maximum Gasteiger partial charge on any atom is 0.339 e. The third kappa shape index (κ3) is 3.41. The molecule has 1 aromatic rings. The molecule has 5 rings (SSSR count). The second-order valence-corrected chi connectivity index (χ2v) is 10.9. The summed E-state index contributed by atoms with van der Waals surface area (Å²) in [7, 11) is 1.35. The number of hydrogen-bond donors (Lipinski definition) is 2. The molecule has 0 spiro atoms. The number of methoxy groups -OCH3 is 1. The standard InChI is InChI=1S/C27H34N2O4/c1-26-14-12-19-16(8-11-22-27(19,2)15-13-23(30)29-22)18(26)9-10-20(26)24(31)28-21-7-5-4-6-17(21)25(32)33-3/h4-7,13,15-16,18-20,22H,8-12,14H2,1-3H3,(H,28,31)(H,29,30)/t16-,18-,19-,20+,22+,26-,27+/m0/s1. The van der Waals surface area contributed by atoms with Gasteiger partial charge >= 0.3 is 5.97 Å². The van der Waals surface area contributed by atoms with Crippen LogP contribution in [0.15, 0.2) is 36.4 Å². The minimum Gasteiger partial charge on any atom is -0.465 e. The summed E-state index contributed by atoms with van der Waals surface area (Å²) in [6.45, 7) is 4.63. The van der Waals surface area contributed by atoms with Crippen molar-refractivity contribution in [1.82, 2.24) is 5.32 Å². The summed E-state index contributed by atoms with van der Waals surface area (Å²) < 4.78 is 4.89. The lowest BCUT2D eigenvalue weighted by Crippen LogP contribution is -2.59. The van der Waals surface area contributed by atoms with E-state index in [1.807, 2.05) is 6.07 Å². The fourth-order valence-corrected chi connectivity index (χ4v) is 7.86. The van der Waals surface area contributed by atoms with E-state index in [-0.39, 0.29) is 34.6 Å². The molecular formula is C27H34N2O4. The number of para-hydroxylation sites is 1. The molecule has 3 fully saturated rings. The Hall–Kier alpha value is -2.63. The van der Waals surface area contributed by atoms with Gasteiger partial charge in [0.15, 0.2) is 0 Å². The molecular weight excluding hydrogens is 416 g/mol. The van der Waals surface area contributed by atoms with Gasteiger partial charge in [-0.2, -0.15) is 0 Å². The van der Waals surface area contributed by atoms with Crippen molar-refractivity contribution in [3.8, 4) is 0 Å². The number of amides is 2. The average Bonchev–Trinajstić information content (AvgIpc) is 3.16. The number of ether oxygens (including phenoxy) is 1. The quantitative estimate of drug-likeness (QED) is 0.672.